The standard InChI is InChI=1S/C26H20ClN5O5/c27-17-11-18-23(30-26(28-18)36-20-12-35-19-9-10-34-22(19)20)29-21(17)15-5-1-13(2-6-15)14-3-7-16(8-4-14)24-31-25(33)32-37-24/h1-8,11,19-20,22H,9-10,12H2,(H,32,33)(H,28,29,30)/t19-,20-,22+/m1/s1. The first-order valence-corrected chi connectivity index (χ1v) is 12.2. The number of hydrogen-bond donors (Lipinski definition) is 2. The van der Waals surface area contributed by atoms with Gasteiger partial charge < -0.3 is 23.7 Å². The SMILES string of the molecule is O=c1nc(-c2ccc(-c3ccc(-c4nc5nc(O[C@@H]6CO[C@@H]7CCO[C@@H]76)[nH]c5cc4Cl)cc3)cc2)o[nH]1. The maximum absolute atomic E-state index is 11.2. The highest BCUT2D eigenvalue weighted by Gasteiger charge is 2.43. The Bertz CT molecular complexity index is 1640. The zero-order valence-electron chi connectivity index (χ0n) is 19.3. The van der Waals surface area contributed by atoms with Crippen LogP contribution < -0.4 is 10.4 Å². The number of halogens is 1. The molecule has 186 valence electrons. The van der Waals surface area contributed by atoms with Gasteiger partial charge in [-0.3, -0.25) is 0 Å². The zero-order valence-corrected chi connectivity index (χ0v) is 20.1. The van der Waals surface area contributed by atoms with Crippen molar-refractivity contribution in [3.8, 4) is 39.8 Å². The molecular weight excluding hydrogens is 498 g/mol. The van der Waals surface area contributed by atoms with Crippen molar-refractivity contribution in [2.24, 2.45) is 0 Å². The molecule has 5 aromatic rings. The molecule has 37 heavy (non-hydrogen) atoms. The molecule has 3 atom stereocenters. The summed E-state index contributed by atoms with van der Waals surface area (Å²) in [5.74, 6) is 0.252. The Kier molecular flexibility index (Phi) is 5.31. The van der Waals surface area contributed by atoms with Crippen LogP contribution in [0.15, 0.2) is 63.9 Å². The number of pyridine rings is 1. The Labute approximate surface area is 214 Å². The van der Waals surface area contributed by atoms with Gasteiger partial charge in [0, 0.05) is 17.7 Å². The molecule has 0 aliphatic carbocycles. The minimum Gasteiger partial charge on any atom is -0.456 e. The Balaban J connectivity index is 1.12. The van der Waals surface area contributed by atoms with Gasteiger partial charge in [-0.2, -0.15) is 15.1 Å². The molecule has 2 aliphatic rings. The summed E-state index contributed by atoms with van der Waals surface area (Å²) in [7, 11) is 0. The number of benzene rings is 2. The number of rotatable bonds is 5. The van der Waals surface area contributed by atoms with Crippen LogP contribution in [0.5, 0.6) is 6.01 Å². The molecular formula is C26H20ClN5O5. The Morgan fingerprint density at radius 1 is 0.919 bits per heavy atom. The number of ether oxygens (including phenoxy) is 3. The smallest absolute Gasteiger partial charge is 0.377 e. The van der Waals surface area contributed by atoms with Crippen LogP contribution in [-0.2, 0) is 9.47 Å². The normalized spacial score (nSPS) is 20.9. The lowest BCUT2D eigenvalue weighted by atomic mass is 10.0. The van der Waals surface area contributed by atoms with Crippen molar-refractivity contribution in [3.05, 3.63) is 70.1 Å². The van der Waals surface area contributed by atoms with Crippen molar-refractivity contribution in [1.29, 1.82) is 0 Å². The summed E-state index contributed by atoms with van der Waals surface area (Å²) in [6, 6.07) is 17.7. The van der Waals surface area contributed by atoms with E-state index in [2.05, 4.69) is 20.1 Å². The summed E-state index contributed by atoms with van der Waals surface area (Å²) in [4.78, 5) is 27.3. The van der Waals surface area contributed by atoms with E-state index in [9.17, 15) is 4.79 Å². The molecule has 0 saturated carbocycles. The average molecular weight is 518 g/mol. The Morgan fingerprint density at radius 2 is 1.65 bits per heavy atom. The van der Waals surface area contributed by atoms with Gasteiger partial charge >= 0.3 is 5.69 Å². The highest BCUT2D eigenvalue weighted by molar-refractivity contribution is 6.33. The lowest BCUT2D eigenvalue weighted by Gasteiger charge is -2.15. The minimum absolute atomic E-state index is 0.0685. The van der Waals surface area contributed by atoms with Gasteiger partial charge in [0.05, 0.1) is 28.9 Å². The van der Waals surface area contributed by atoms with Crippen LogP contribution in [0.3, 0.4) is 0 Å². The van der Waals surface area contributed by atoms with Gasteiger partial charge in [-0.15, -0.1) is 0 Å². The molecule has 0 amide bonds. The second-order valence-corrected chi connectivity index (χ2v) is 9.37. The second kappa shape index (κ2) is 8.84. The molecule has 11 heteroatoms. The van der Waals surface area contributed by atoms with Crippen LogP contribution in [0, 0.1) is 0 Å². The molecule has 0 bridgehead atoms. The molecule has 2 aromatic carbocycles. The molecule has 0 unspecified atom stereocenters. The second-order valence-electron chi connectivity index (χ2n) is 8.97. The summed E-state index contributed by atoms with van der Waals surface area (Å²) in [6.45, 7) is 1.16. The molecule has 0 radical (unpaired) electrons. The average Bonchev–Trinajstić information content (AvgIpc) is 3.70. The van der Waals surface area contributed by atoms with Crippen LogP contribution in [-0.4, -0.2) is 56.6 Å². The number of aromatic amines is 2. The number of nitrogens with zero attached hydrogens (tertiary/aromatic N) is 3. The molecule has 2 N–H and O–H groups in total. The number of imidazole rings is 1. The molecule has 3 aromatic heterocycles. The third kappa shape index (κ3) is 4.08. The molecule has 0 spiro atoms. The van der Waals surface area contributed by atoms with E-state index < -0.39 is 5.69 Å². The lowest BCUT2D eigenvalue weighted by molar-refractivity contribution is 0.0273. The van der Waals surface area contributed by atoms with Crippen molar-refractivity contribution in [1.82, 2.24) is 25.1 Å². The molecule has 10 nitrogen and oxygen atoms in total. The number of nitrogens with one attached hydrogen (secondary N) is 2. The predicted molar refractivity (Wildman–Crippen MR) is 134 cm³/mol. The van der Waals surface area contributed by atoms with Crippen molar-refractivity contribution < 1.29 is 18.7 Å². The number of aromatic nitrogens is 5. The third-order valence-corrected chi connectivity index (χ3v) is 6.94. The van der Waals surface area contributed by atoms with E-state index in [1.807, 2.05) is 48.5 Å². The van der Waals surface area contributed by atoms with Crippen LogP contribution in [0.2, 0.25) is 5.02 Å². The van der Waals surface area contributed by atoms with E-state index in [4.69, 9.17) is 35.3 Å². The van der Waals surface area contributed by atoms with Crippen molar-refractivity contribution >= 4 is 22.8 Å². The van der Waals surface area contributed by atoms with Crippen molar-refractivity contribution in [3.63, 3.8) is 0 Å². The fourth-order valence-electron chi connectivity index (χ4n) is 4.81. The van der Waals surface area contributed by atoms with E-state index in [0.717, 1.165) is 23.1 Å². The fraction of sp³-hybridized carbons (Fsp3) is 0.231. The van der Waals surface area contributed by atoms with Gasteiger partial charge in [0.25, 0.3) is 11.9 Å². The van der Waals surface area contributed by atoms with Gasteiger partial charge in [0.1, 0.15) is 6.10 Å². The van der Waals surface area contributed by atoms with E-state index in [0.29, 0.717) is 46.7 Å². The first-order valence-electron chi connectivity index (χ1n) is 11.8. The maximum atomic E-state index is 11.2. The highest BCUT2D eigenvalue weighted by Crippen LogP contribution is 2.33. The molecule has 2 saturated heterocycles. The minimum atomic E-state index is -0.515. The predicted octanol–water partition coefficient (Wildman–Crippen LogP) is 4.22. The first kappa shape index (κ1) is 22.2. The monoisotopic (exact) mass is 517 g/mol. The topological polar surface area (TPSA) is 128 Å². The van der Waals surface area contributed by atoms with Crippen molar-refractivity contribution in [2.75, 3.05) is 13.2 Å². The van der Waals surface area contributed by atoms with E-state index in [1.165, 1.54) is 0 Å². The van der Waals surface area contributed by atoms with E-state index >= 15 is 0 Å². The number of fused-ring (bicyclic) bond motifs is 2. The summed E-state index contributed by atoms with van der Waals surface area (Å²) in [6.07, 6.45) is 0.705. The van der Waals surface area contributed by atoms with Crippen LogP contribution in [0.1, 0.15) is 6.42 Å². The van der Waals surface area contributed by atoms with Gasteiger partial charge in [0.2, 0.25) is 0 Å². The fourth-order valence-corrected chi connectivity index (χ4v) is 5.07. The highest BCUT2D eigenvalue weighted by atomic mass is 35.5. The molecule has 7 rings (SSSR count). The number of H-pyrrole nitrogens is 2. The van der Waals surface area contributed by atoms with Crippen LogP contribution >= 0.6 is 11.6 Å². The van der Waals surface area contributed by atoms with Gasteiger partial charge in [-0.1, -0.05) is 48.0 Å². The van der Waals surface area contributed by atoms with Gasteiger partial charge in [-0.05, 0) is 35.7 Å². The summed E-state index contributed by atoms with van der Waals surface area (Å²) < 4.78 is 22.6. The zero-order chi connectivity index (χ0) is 24.9. The molecule has 5 heterocycles. The quantitative estimate of drug-likeness (QED) is 0.354. The Morgan fingerprint density at radius 3 is 2.38 bits per heavy atom. The van der Waals surface area contributed by atoms with Crippen LogP contribution in [0.4, 0.5) is 0 Å². The summed E-state index contributed by atoms with van der Waals surface area (Å²) >= 11 is 6.59. The van der Waals surface area contributed by atoms with Crippen LogP contribution in [0.25, 0.3) is 45.0 Å². The molecule has 2 fully saturated rings. The van der Waals surface area contributed by atoms with Crippen molar-refractivity contribution in [2.45, 2.75) is 24.7 Å². The Hall–Kier alpha value is -3.99. The first-order chi connectivity index (χ1) is 18.1. The van der Waals surface area contributed by atoms with E-state index in [-0.39, 0.29) is 24.2 Å². The lowest BCUT2D eigenvalue weighted by Crippen LogP contribution is -2.32. The summed E-state index contributed by atoms with van der Waals surface area (Å²) in [5, 5.41) is 2.70. The summed E-state index contributed by atoms with van der Waals surface area (Å²) in [5.41, 5.74) is 4.91. The largest absolute Gasteiger partial charge is 0.456 e. The van der Waals surface area contributed by atoms with Gasteiger partial charge in [-0.25, -0.2) is 9.78 Å². The number of hydrogen-bond acceptors (Lipinski definition) is 8. The van der Waals surface area contributed by atoms with Gasteiger partial charge in [0.15, 0.2) is 11.8 Å². The maximum Gasteiger partial charge on any atom is 0.377 e. The van der Waals surface area contributed by atoms with E-state index in [1.54, 1.807) is 6.07 Å². The third-order valence-electron chi connectivity index (χ3n) is 6.65. The molecule has 2 aliphatic heterocycles.